The molecular weight excluding hydrogens is 320 g/mol. The van der Waals surface area contributed by atoms with Crippen molar-refractivity contribution in [3.05, 3.63) is 0 Å². The van der Waals surface area contributed by atoms with Gasteiger partial charge in [0.1, 0.15) is 0 Å². The first-order valence-electron chi connectivity index (χ1n) is 6.05. The summed E-state index contributed by atoms with van der Waals surface area (Å²) in [5, 5.41) is 0. The van der Waals surface area contributed by atoms with E-state index in [-0.39, 0.29) is 6.04 Å². The standard InChI is InChI=1S/C11H18O8SSi/c1-8(12)16-20-6-5-7-21(17-9(2)13,18-10(3)14)19-11(4)15/h5-7H2,1-4H3. The highest BCUT2D eigenvalue weighted by atomic mass is 32.2. The first-order chi connectivity index (χ1) is 9.67. The van der Waals surface area contributed by atoms with E-state index >= 15 is 0 Å². The Morgan fingerprint density at radius 3 is 1.57 bits per heavy atom. The molecule has 0 aromatic rings. The molecule has 0 heterocycles. The van der Waals surface area contributed by atoms with Crippen LogP contribution in [0.15, 0.2) is 0 Å². The maximum Gasteiger partial charge on any atom is 0.705 e. The van der Waals surface area contributed by atoms with Gasteiger partial charge in [0.25, 0.3) is 17.9 Å². The molecule has 0 saturated carbocycles. The highest BCUT2D eigenvalue weighted by Crippen LogP contribution is 2.21. The van der Waals surface area contributed by atoms with Gasteiger partial charge in [-0.05, 0) is 6.42 Å². The molecule has 0 saturated heterocycles. The molecule has 0 rings (SSSR count). The largest absolute Gasteiger partial charge is 0.705 e. The molecule has 0 bridgehead atoms. The van der Waals surface area contributed by atoms with Gasteiger partial charge in [0, 0.05) is 33.4 Å². The van der Waals surface area contributed by atoms with Gasteiger partial charge in [0.2, 0.25) is 0 Å². The summed E-state index contributed by atoms with van der Waals surface area (Å²) in [4.78, 5) is 44.1. The minimum atomic E-state index is -3.76. The van der Waals surface area contributed by atoms with Crippen LogP contribution in [0.2, 0.25) is 6.04 Å². The van der Waals surface area contributed by atoms with E-state index in [1.165, 1.54) is 6.92 Å². The Hall–Kier alpha value is -1.55. The zero-order chi connectivity index (χ0) is 16.5. The first-order valence-corrected chi connectivity index (χ1v) is 8.90. The predicted octanol–water partition coefficient (Wildman–Crippen LogP) is 1.22. The fourth-order valence-corrected chi connectivity index (χ4v) is 4.47. The number of hydrogen-bond acceptors (Lipinski definition) is 9. The van der Waals surface area contributed by atoms with Crippen molar-refractivity contribution < 1.29 is 36.6 Å². The molecule has 0 N–H and O–H groups in total. The molecule has 8 nitrogen and oxygen atoms in total. The van der Waals surface area contributed by atoms with Crippen molar-refractivity contribution in [3.63, 3.8) is 0 Å². The van der Waals surface area contributed by atoms with E-state index in [2.05, 4.69) is 4.18 Å². The van der Waals surface area contributed by atoms with Crippen molar-refractivity contribution in [1.29, 1.82) is 0 Å². The Balaban J connectivity index is 4.72. The summed E-state index contributed by atoms with van der Waals surface area (Å²) in [5.41, 5.74) is 0. The lowest BCUT2D eigenvalue weighted by molar-refractivity contribution is -0.147. The fraction of sp³-hybridized carbons (Fsp3) is 0.636. The summed E-state index contributed by atoms with van der Waals surface area (Å²) in [7, 11) is -3.76. The molecule has 0 unspecified atom stereocenters. The second kappa shape index (κ2) is 9.40. The molecule has 21 heavy (non-hydrogen) atoms. The highest BCUT2D eigenvalue weighted by molar-refractivity contribution is 7.95. The monoisotopic (exact) mass is 338 g/mol. The Kier molecular flexibility index (Phi) is 8.70. The van der Waals surface area contributed by atoms with E-state index in [9.17, 15) is 19.2 Å². The first kappa shape index (κ1) is 19.4. The van der Waals surface area contributed by atoms with Crippen LogP contribution in [0.3, 0.4) is 0 Å². The van der Waals surface area contributed by atoms with E-state index in [0.29, 0.717) is 12.2 Å². The Bertz CT molecular complexity index is 370. The maximum absolute atomic E-state index is 11.2. The van der Waals surface area contributed by atoms with Crippen LogP contribution in [0.25, 0.3) is 0 Å². The molecule has 0 amide bonds. The third kappa shape index (κ3) is 9.90. The van der Waals surface area contributed by atoms with Gasteiger partial charge in [-0.15, -0.1) is 0 Å². The molecular formula is C11H18O8SSi. The van der Waals surface area contributed by atoms with E-state index in [4.69, 9.17) is 13.3 Å². The number of carbonyl (C=O) groups excluding carboxylic acids is 4. The normalized spacial score (nSPS) is 10.5. The molecule has 10 heteroatoms. The molecule has 0 aromatic heterocycles. The molecule has 0 radical (unpaired) electrons. The topological polar surface area (TPSA) is 105 Å². The summed E-state index contributed by atoms with van der Waals surface area (Å²) in [6.07, 6.45) is 0.359. The second-order valence-corrected chi connectivity index (χ2v) is 7.25. The van der Waals surface area contributed by atoms with Gasteiger partial charge < -0.3 is 17.5 Å². The SMILES string of the molecule is CC(=O)OSCCC[Si](OC(C)=O)(OC(C)=O)OC(C)=O. The number of hydrogen-bond donors (Lipinski definition) is 0. The highest BCUT2D eigenvalue weighted by Gasteiger charge is 2.51. The molecule has 0 atom stereocenters. The lowest BCUT2D eigenvalue weighted by atomic mass is 10.6. The van der Waals surface area contributed by atoms with Crippen molar-refractivity contribution in [2.75, 3.05) is 5.75 Å². The lowest BCUT2D eigenvalue weighted by Gasteiger charge is -2.26. The predicted molar refractivity (Wildman–Crippen MR) is 74.7 cm³/mol. The summed E-state index contributed by atoms with van der Waals surface area (Å²) >= 11 is 0.910. The van der Waals surface area contributed by atoms with Crippen LogP contribution in [0.1, 0.15) is 34.1 Å². The van der Waals surface area contributed by atoms with Crippen LogP contribution in [-0.2, 0) is 36.6 Å². The van der Waals surface area contributed by atoms with Crippen LogP contribution in [-0.4, -0.2) is 38.4 Å². The van der Waals surface area contributed by atoms with E-state index in [1.807, 2.05) is 0 Å². The smallest absolute Gasteiger partial charge is 0.455 e. The molecule has 120 valence electrons. The lowest BCUT2D eigenvalue weighted by Crippen LogP contribution is -2.49. The van der Waals surface area contributed by atoms with E-state index in [0.717, 1.165) is 32.8 Å². The van der Waals surface area contributed by atoms with Gasteiger partial charge in [0.05, 0.1) is 18.1 Å². The molecule has 0 aliphatic rings. The molecule has 0 fully saturated rings. The Morgan fingerprint density at radius 2 is 1.24 bits per heavy atom. The van der Waals surface area contributed by atoms with Crippen molar-refractivity contribution in [1.82, 2.24) is 0 Å². The summed E-state index contributed by atoms with van der Waals surface area (Å²) < 4.78 is 19.6. The van der Waals surface area contributed by atoms with Gasteiger partial charge in [0.15, 0.2) is 0 Å². The third-order valence-corrected chi connectivity index (χ3v) is 5.35. The minimum Gasteiger partial charge on any atom is -0.455 e. The van der Waals surface area contributed by atoms with Crippen LogP contribution >= 0.6 is 12.0 Å². The number of carbonyl (C=O) groups is 4. The van der Waals surface area contributed by atoms with E-state index < -0.39 is 32.7 Å². The van der Waals surface area contributed by atoms with Crippen molar-refractivity contribution in [3.8, 4) is 0 Å². The van der Waals surface area contributed by atoms with Crippen LogP contribution in [0.5, 0.6) is 0 Å². The van der Waals surface area contributed by atoms with E-state index in [1.54, 1.807) is 0 Å². The molecule has 0 aliphatic carbocycles. The van der Waals surface area contributed by atoms with Gasteiger partial charge in [-0.2, -0.15) is 0 Å². The second-order valence-electron chi connectivity index (χ2n) is 3.96. The molecule has 0 aliphatic heterocycles. The maximum atomic E-state index is 11.2. The van der Waals surface area contributed by atoms with Crippen molar-refractivity contribution >= 4 is 44.7 Å². The summed E-state index contributed by atoms with van der Waals surface area (Å²) in [6, 6.07) is 0.0556. The minimum absolute atomic E-state index is 0.0556. The molecule has 0 aromatic carbocycles. The quantitative estimate of drug-likeness (QED) is 0.367. The zero-order valence-electron chi connectivity index (χ0n) is 12.3. The zero-order valence-corrected chi connectivity index (χ0v) is 14.1. The fourth-order valence-electron chi connectivity index (χ4n) is 1.34. The average molecular weight is 338 g/mol. The number of rotatable bonds is 8. The van der Waals surface area contributed by atoms with Gasteiger partial charge in [-0.3, -0.25) is 19.2 Å². The van der Waals surface area contributed by atoms with Gasteiger partial charge in [-0.25, -0.2) is 0 Å². The summed E-state index contributed by atoms with van der Waals surface area (Å²) in [6.45, 7) is 4.65. The van der Waals surface area contributed by atoms with Gasteiger partial charge in [-0.1, -0.05) is 0 Å². The van der Waals surface area contributed by atoms with Crippen molar-refractivity contribution in [2.45, 2.75) is 40.2 Å². The van der Waals surface area contributed by atoms with Crippen LogP contribution < -0.4 is 0 Å². The van der Waals surface area contributed by atoms with Gasteiger partial charge >= 0.3 is 14.8 Å². The summed E-state index contributed by atoms with van der Waals surface area (Å²) in [5.74, 6) is -2.20. The Labute approximate surface area is 128 Å². The van der Waals surface area contributed by atoms with Crippen molar-refractivity contribution in [2.24, 2.45) is 0 Å². The van der Waals surface area contributed by atoms with Crippen LogP contribution in [0, 0.1) is 0 Å². The molecule has 0 spiro atoms. The third-order valence-electron chi connectivity index (χ3n) is 1.78. The Morgan fingerprint density at radius 1 is 0.810 bits per heavy atom. The average Bonchev–Trinajstić information content (AvgIpc) is 2.24. The van der Waals surface area contributed by atoms with Crippen LogP contribution in [0.4, 0.5) is 0 Å².